The molecule has 0 saturated carbocycles. The molecule has 11 heteroatoms. The summed E-state index contributed by atoms with van der Waals surface area (Å²) < 4.78 is 16.4. The first-order valence-electron chi connectivity index (χ1n) is 18.0. The zero-order chi connectivity index (χ0) is 34.3. The van der Waals surface area contributed by atoms with Crippen LogP contribution >= 0.6 is 0 Å². The molecular formula is C35H66N4O7. The molecule has 0 aliphatic rings. The first kappa shape index (κ1) is 43.1. The molecule has 0 aromatic heterocycles. The third kappa shape index (κ3) is 28.6. The highest BCUT2D eigenvalue weighted by atomic mass is 16.6. The molecule has 0 spiro atoms. The lowest BCUT2D eigenvalue weighted by molar-refractivity contribution is -0.167. The molecule has 2 atom stereocenters. The minimum absolute atomic E-state index is 0.0573. The maximum absolute atomic E-state index is 12.8. The van der Waals surface area contributed by atoms with Gasteiger partial charge >= 0.3 is 17.9 Å². The van der Waals surface area contributed by atoms with Gasteiger partial charge in [0.1, 0.15) is 19.3 Å². The Morgan fingerprint density at radius 1 is 0.630 bits per heavy atom. The quantitative estimate of drug-likeness (QED) is 0.0252. The predicted molar refractivity (Wildman–Crippen MR) is 183 cm³/mol. The molecule has 5 N–H and O–H groups in total. The molecule has 0 aromatic rings. The molecule has 0 radical (unpaired) electrons. The minimum atomic E-state index is -0.943. The van der Waals surface area contributed by atoms with Gasteiger partial charge in [-0.15, -0.1) is 0 Å². The van der Waals surface area contributed by atoms with E-state index in [1.165, 1.54) is 77.6 Å². The summed E-state index contributed by atoms with van der Waals surface area (Å²) in [4.78, 5) is 53.4. The van der Waals surface area contributed by atoms with Crippen LogP contribution in [0.1, 0.15) is 162 Å². The standard InChI is InChI=1S/C35H66N4O7/c1-4-6-8-10-12-14-16-18-20-24-32(41)44-27-30(46-33(42)25-21-19-17-15-13-11-9-7-5-2)28-45-34(43)31(39-29(3)40)23-22-26-38-35(36)37/h30-31H,4-28H2,1-3H3,(H,39,40)(H4,36,37,38)/t30-,31+/m1/s1. The van der Waals surface area contributed by atoms with Gasteiger partial charge in [-0.25, -0.2) is 4.79 Å². The molecule has 46 heavy (non-hydrogen) atoms. The highest BCUT2D eigenvalue weighted by molar-refractivity contribution is 5.83. The Bertz CT molecular complexity index is 834. The number of unbranched alkanes of at least 4 members (excludes halogenated alkanes) is 16. The Hall–Kier alpha value is -2.85. The summed E-state index contributed by atoms with van der Waals surface area (Å²) in [6.07, 6.45) is 20.7. The number of hydrogen-bond donors (Lipinski definition) is 3. The van der Waals surface area contributed by atoms with Gasteiger partial charge in [-0.3, -0.25) is 19.4 Å². The number of rotatable bonds is 31. The van der Waals surface area contributed by atoms with Crippen molar-refractivity contribution in [3.05, 3.63) is 0 Å². The van der Waals surface area contributed by atoms with Crippen LogP contribution in [0.5, 0.6) is 0 Å². The molecule has 0 rings (SSSR count). The van der Waals surface area contributed by atoms with Crippen LogP contribution in [-0.2, 0) is 33.4 Å². The zero-order valence-electron chi connectivity index (χ0n) is 29.3. The van der Waals surface area contributed by atoms with E-state index in [-0.39, 0.29) is 44.4 Å². The Balaban J connectivity index is 4.80. The number of nitrogens with two attached hydrogens (primary N) is 2. The Kier molecular flexibility index (Phi) is 28.9. The van der Waals surface area contributed by atoms with Gasteiger partial charge < -0.3 is 31.0 Å². The molecule has 1 amide bonds. The maximum Gasteiger partial charge on any atom is 0.328 e. The molecule has 0 unspecified atom stereocenters. The predicted octanol–water partition coefficient (Wildman–Crippen LogP) is 6.38. The normalized spacial score (nSPS) is 12.2. The van der Waals surface area contributed by atoms with Gasteiger partial charge in [-0.05, 0) is 25.7 Å². The van der Waals surface area contributed by atoms with E-state index in [2.05, 4.69) is 24.2 Å². The topological polar surface area (TPSA) is 172 Å². The zero-order valence-corrected chi connectivity index (χ0v) is 29.3. The van der Waals surface area contributed by atoms with E-state index in [0.717, 1.165) is 38.5 Å². The first-order chi connectivity index (χ1) is 22.2. The van der Waals surface area contributed by atoms with E-state index in [9.17, 15) is 19.2 Å². The van der Waals surface area contributed by atoms with Crippen LogP contribution < -0.4 is 16.8 Å². The van der Waals surface area contributed by atoms with Gasteiger partial charge in [0.15, 0.2) is 12.1 Å². The lowest BCUT2D eigenvalue weighted by Crippen LogP contribution is -2.42. The molecule has 0 heterocycles. The number of carbonyl (C=O) groups excluding carboxylic acids is 4. The van der Waals surface area contributed by atoms with Crippen molar-refractivity contribution in [2.45, 2.75) is 174 Å². The number of ether oxygens (including phenoxy) is 3. The fraction of sp³-hybridized carbons (Fsp3) is 0.857. The molecular weight excluding hydrogens is 588 g/mol. The van der Waals surface area contributed by atoms with Crippen molar-refractivity contribution < 1.29 is 33.4 Å². The number of nitrogens with one attached hydrogen (secondary N) is 1. The van der Waals surface area contributed by atoms with E-state index in [1.54, 1.807) is 0 Å². The third-order valence-electron chi connectivity index (χ3n) is 7.72. The van der Waals surface area contributed by atoms with Crippen LogP contribution in [0.4, 0.5) is 0 Å². The summed E-state index contributed by atoms with van der Waals surface area (Å²) in [5.74, 6) is -1.92. The largest absolute Gasteiger partial charge is 0.462 e. The number of carbonyl (C=O) groups is 4. The Morgan fingerprint density at radius 3 is 1.57 bits per heavy atom. The summed E-state index contributed by atoms with van der Waals surface area (Å²) in [5, 5.41) is 2.57. The van der Waals surface area contributed by atoms with Crippen molar-refractivity contribution in [3.63, 3.8) is 0 Å². The van der Waals surface area contributed by atoms with Gasteiger partial charge in [0.2, 0.25) is 5.91 Å². The minimum Gasteiger partial charge on any atom is -0.462 e. The highest BCUT2D eigenvalue weighted by Gasteiger charge is 2.24. The lowest BCUT2D eigenvalue weighted by Gasteiger charge is -2.21. The van der Waals surface area contributed by atoms with E-state index in [1.807, 2.05) is 0 Å². The average Bonchev–Trinajstić information content (AvgIpc) is 3.01. The van der Waals surface area contributed by atoms with E-state index < -0.39 is 30.0 Å². The Labute approximate surface area is 278 Å². The molecule has 0 bridgehead atoms. The number of guanidine groups is 1. The van der Waals surface area contributed by atoms with Crippen molar-refractivity contribution in [2.75, 3.05) is 19.8 Å². The van der Waals surface area contributed by atoms with Crippen LogP contribution in [0.25, 0.3) is 0 Å². The van der Waals surface area contributed by atoms with Gasteiger partial charge in [0.05, 0.1) is 0 Å². The second-order valence-corrected chi connectivity index (χ2v) is 12.3. The molecule has 11 nitrogen and oxygen atoms in total. The van der Waals surface area contributed by atoms with Crippen LogP contribution in [0.2, 0.25) is 0 Å². The summed E-state index contributed by atoms with van der Waals surface area (Å²) in [5.41, 5.74) is 10.7. The molecule has 0 saturated heterocycles. The SMILES string of the molecule is CCCCCCCCCCCC(=O)OC[C@H](COC(=O)[C@H](CCCN=C(N)N)NC(C)=O)OC(=O)CCCCCCCCCCC. The number of amides is 1. The van der Waals surface area contributed by atoms with Crippen molar-refractivity contribution in [1.29, 1.82) is 0 Å². The van der Waals surface area contributed by atoms with Gasteiger partial charge in [-0.1, -0.05) is 117 Å². The summed E-state index contributed by atoms with van der Waals surface area (Å²) in [6, 6.07) is -0.917. The molecule has 0 fully saturated rings. The van der Waals surface area contributed by atoms with Gasteiger partial charge in [-0.2, -0.15) is 0 Å². The van der Waals surface area contributed by atoms with Crippen molar-refractivity contribution in [1.82, 2.24) is 5.32 Å². The Morgan fingerprint density at radius 2 is 1.09 bits per heavy atom. The van der Waals surface area contributed by atoms with Crippen LogP contribution in [-0.4, -0.2) is 61.7 Å². The summed E-state index contributed by atoms with van der Waals surface area (Å²) in [6.45, 7) is 5.51. The van der Waals surface area contributed by atoms with E-state index in [4.69, 9.17) is 25.7 Å². The van der Waals surface area contributed by atoms with E-state index in [0.29, 0.717) is 19.4 Å². The van der Waals surface area contributed by atoms with Crippen molar-refractivity contribution in [2.24, 2.45) is 16.5 Å². The van der Waals surface area contributed by atoms with Crippen LogP contribution in [0.15, 0.2) is 4.99 Å². The smallest absolute Gasteiger partial charge is 0.328 e. The number of esters is 3. The number of aliphatic imine (C=N–C) groups is 1. The second-order valence-electron chi connectivity index (χ2n) is 12.3. The molecule has 0 aromatic carbocycles. The molecule has 0 aliphatic carbocycles. The fourth-order valence-corrected chi connectivity index (χ4v) is 5.05. The van der Waals surface area contributed by atoms with Crippen molar-refractivity contribution in [3.8, 4) is 0 Å². The summed E-state index contributed by atoms with van der Waals surface area (Å²) in [7, 11) is 0. The molecule has 0 aliphatic heterocycles. The first-order valence-corrected chi connectivity index (χ1v) is 18.0. The maximum atomic E-state index is 12.8. The molecule has 268 valence electrons. The van der Waals surface area contributed by atoms with Gasteiger partial charge in [0, 0.05) is 26.3 Å². The number of nitrogens with zero attached hydrogens (tertiary/aromatic N) is 1. The average molecular weight is 655 g/mol. The van der Waals surface area contributed by atoms with Crippen LogP contribution in [0, 0.1) is 0 Å². The monoisotopic (exact) mass is 654 g/mol. The summed E-state index contributed by atoms with van der Waals surface area (Å²) >= 11 is 0. The third-order valence-corrected chi connectivity index (χ3v) is 7.72. The lowest BCUT2D eigenvalue weighted by atomic mass is 10.1. The number of hydrogen-bond acceptors (Lipinski definition) is 8. The highest BCUT2D eigenvalue weighted by Crippen LogP contribution is 2.13. The van der Waals surface area contributed by atoms with E-state index >= 15 is 0 Å². The fourth-order valence-electron chi connectivity index (χ4n) is 5.05. The van der Waals surface area contributed by atoms with Crippen molar-refractivity contribution >= 4 is 29.8 Å². The van der Waals surface area contributed by atoms with Gasteiger partial charge in [0.25, 0.3) is 0 Å². The van der Waals surface area contributed by atoms with Crippen LogP contribution in [0.3, 0.4) is 0 Å². The second kappa shape index (κ2) is 30.8.